The number of hydrogen-bond acceptors (Lipinski definition) is 5. The molecular weight excluding hydrogens is 246 g/mol. The van der Waals surface area contributed by atoms with E-state index >= 15 is 0 Å². The molecule has 0 N–H and O–H groups in total. The highest BCUT2D eigenvalue weighted by molar-refractivity contribution is 5.39. The molecule has 1 aliphatic rings. The first-order chi connectivity index (χ1) is 9.15. The fourth-order valence-corrected chi connectivity index (χ4v) is 2.41. The van der Waals surface area contributed by atoms with Gasteiger partial charge in [0.25, 0.3) is 0 Å². The average molecular weight is 259 g/mol. The van der Waals surface area contributed by atoms with Crippen molar-refractivity contribution >= 4 is 5.82 Å². The van der Waals surface area contributed by atoms with Crippen LogP contribution in [-0.2, 0) is 12.8 Å². The maximum absolute atomic E-state index is 10.7. The molecular formula is C12H13N5O2. The van der Waals surface area contributed by atoms with Crippen molar-refractivity contribution in [2.45, 2.75) is 32.6 Å². The Labute approximate surface area is 109 Å². The molecule has 7 heteroatoms. The molecule has 0 unspecified atom stereocenters. The number of aromatic nitrogens is 4. The highest BCUT2D eigenvalue weighted by atomic mass is 16.6. The Hall–Kier alpha value is -2.31. The van der Waals surface area contributed by atoms with Crippen LogP contribution in [0, 0.1) is 17.0 Å². The van der Waals surface area contributed by atoms with Gasteiger partial charge >= 0.3 is 5.82 Å². The van der Waals surface area contributed by atoms with Gasteiger partial charge in [-0.1, -0.05) is 0 Å². The quantitative estimate of drug-likeness (QED) is 0.605. The van der Waals surface area contributed by atoms with Gasteiger partial charge in [-0.3, -0.25) is 0 Å². The third-order valence-corrected chi connectivity index (χ3v) is 3.25. The molecule has 0 atom stereocenters. The normalized spacial score (nSPS) is 14.2. The van der Waals surface area contributed by atoms with Crippen LogP contribution < -0.4 is 0 Å². The number of rotatable bonds is 2. The molecule has 3 rings (SSSR count). The smallest absolute Gasteiger partial charge is 0.358 e. The van der Waals surface area contributed by atoms with Crippen molar-refractivity contribution in [2.24, 2.45) is 0 Å². The summed E-state index contributed by atoms with van der Waals surface area (Å²) in [7, 11) is 0. The minimum Gasteiger partial charge on any atom is -0.358 e. The zero-order chi connectivity index (χ0) is 13.4. The molecule has 19 heavy (non-hydrogen) atoms. The lowest BCUT2D eigenvalue weighted by molar-refractivity contribution is -0.389. The fraction of sp³-hybridized carbons (Fsp3) is 0.417. The van der Waals surface area contributed by atoms with Crippen molar-refractivity contribution in [1.82, 2.24) is 19.7 Å². The zero-order valence-corrected chi connectivity index (χ0v) is 10.5. The van der Waals surface area contributed by atoms with Gasteiger partial charge in [-0.05, 0) is 37.5 Å². The number of nitro groups is 1. The van der Waals surface area contributed by atoms with E-state index in [4.69, 9.17) is 0 Å². The second-order valence-electron chi connectivity index (χ2n) is 4.60. The summed E-state index contributed by atoms with van der Waals surface area (Å²) in [5.41, 5.74) is 2.11. The molecule has 7 nitrogen and oxygen atoms in total. The van der Waals surface area contributed by atoms with Crippen molar-refractivity contribution in [2.75, 3.05) is 0 Å². The van der Waals surface area contributed by atoms with E-state index in [9.17, 15) is 10.1 Å². The van der Waals surface area contributed by atoms with E-state index in [1.807, 2.05) is 6.92 Å². The van der Waals surface area contributed by atoms with Crippen molar-refractivity contribution in [1.29, 1.82) is 0 Å². The molecule has 0 bridgehead atoms. The summed E-state index contributed by atoms with van der Waals surface area (Å²) < 4.78 is 1.48. The zero-order valence-electron chi connectivity index (χ0n) is 10.5. The summed E-state index contributed by atoms with van der Waals surface area (Å²) in [5.74, 6) is 1.19. The highest BCUT2D eigenvalue weighted by Crippen LogP contribution is 2.24. The maximum Gasteiger partial charge on any atom is 0.390 e. The molecule has 0 spiro atoms. The van der Waals surface area contributed by atoms with E-state index in [0.717, 1.165) is 36.9 Å². The third kappa shape index (κ3) is 2.07. The van der Waals surface area contributed by atoms with Crippen molar-refractivity contribution in [3.63, 3.8) is 0 Å². The molecule has 0 aliphatic heterocycles. The molecule has 0 saturated carbocycles. The van der Waals surface area contributed by atoms with Crippen LogP contribution in [0.3, 0.4) is 0 Å². The van der Waals surface area contributed by atoms with Crippen molar-refractivity contribution in [3.05, 3.63) is 39.5 Å². The minimum absolute atomic E-state index is 0.166. The monoisotopic (exact) mass is 259 g/mol. The van der Waals surface area contributed by atoms with Crippen LogP contribution in [-0.4, -0.2) is 24.7 Å². The van der Waals surface area contributed by atoms with Gasteiger partial charge in [-0.2, -0.15) is 0 Å². The molecule has 0 radical (unpaired) electrons. The molecule has 0 aromatic carbocycles. The van der Waals surface area contributed by atoms with E-state index in [1.165, 1.54) is 10.7 Å². The molecule has 98 valence electrons. The van der Waals surface area contributed by atoms with E-state index in [1.54, 1.807) is 6.20 Å². The summed E-state index contributed by atoms with van der Waals surface area (Å²) in [5, 5.41) is 14.7. The molecule has 2 aromatic heterocycles. The van der Waals surface area contributed by atoms with Crippen LogP contribution in [0.25, 0.3) is 5.82 Å². The predicted molar refractivity (Wildman–Crippen MR) is 67.2 cm³/mol. The highest BCUT2D eigenvalue weighted by Gasteiger charge is 2.21. The summed E-state index contributed by atoms with van der Waals surface area (Å²) in [6.07, 6.45) is 5.64. The number of nitrogens with zero attached hydrogens (tertiary/aromatic N) is 5. The van der Waals surface area contributed by atoms with Gasteiger partial charge in [0.1, 0.15) is 5.82 Å². The Kier molecular flexibility index (Phi) is 2.73. The van der Waals surface area contributed by atoms with Gasteiger partial charge in [-0.15, -0.1) is 4.68 Å². The van der Waals surface area contributed by atoms with Crippen LogP contribution in [0.4, 0.5) is 5.82 Å². The second-order valence-corrected chi connectivity index (χ2v) is 4.60. The first-order valence-electron chi connectivity index (χ1n) is 6.22. The van der Waals surface area contributed by atoms with Crippen LogP contribution in [0.1, 0.15) is 29.9 Å². The van der Waals surface area contributed by atoms with Gasteiger partial charge in [0, 0.05) is 11.3 Å². The van der Waals surface area contributed by atoms with Crippen LogP contribution in [0.5, 0.6) is 0 Å². The largest absolute Gasteiger partial charge is 0.390 e. The van der Waals surface area contributed by atoms with E-state index < -0.39 is 4.92 Å². The number of fused-ring (bicyclic) bond motifs is 1. The Morgan fingerprint density at radius 3 is 2.84 bits per heavy atom. The molecule has 0 fully saturated rings. The molecule has 2 aromatic rings. The minimum atomic E-state index is -0.503. The Morgan fingerprint density at radius 2 is 2.11 bits per heavy atom. The molecule has 1 aliphatic carbocycles. The van der Waals surface area contributed by atoms with Crippen molar-refractivity contribution < 1.29 is 4.92 Å². The fourth-order valence-electron chi connectivity index (χ4n) is 2.41. The van der Waals surface area contributed by atoms with E-state index in [0.29, 0.717) is 11.6 Å². The summed E-state index contributed by atoms with van der Waals surface area (Å²) in [6, 6.07) is 1.38. The maximum atomic E-state index is 10.7. The SMILES string of the molecule is Cc1nc2c(c(-n3ccc([N+](=O)[O-])n3)n1)CCCC2. The summed E-state index contributed by atoms with van der Waals surface area (Å²) in [6.45, 7) is 1.83. The van der Waals surface area contributed by atoms with Crippen LogP contribution in [0.15, 0.2) is 12.3 Å². The van der Waals surface area contributed by atoms with E-state index in [2.05, 4.69) is 15.1 Å². The Morgan fingerprint density at radius 1 is 1.32 bits per heavy atom. The molecule has 2 heterocycles. The standard InChI is InChI=1S/C12H13N5O2/c1-8-13-10-5-3-2-4-9(10)12(14-8)16-7-6-11(15-16)17(18)19/h6-7H,2-5H2,1H3. The van der Waals surface area contributed by atoms with Gasteiger partial charge in [-0.25, -0.2) is 9.97 Å². The second kappa shape index (κ2) is 4.42. The number of aryl methyl sites for hydroxylation is 2. The van der Waals surface area contributed by atoms with Crippen molar-refractivity contribution in [3.8, 4) is 5.82 Å². The van der Waals surface area contributed by atoms with Gasteiger partial charge in [0.05, 0.1) is 17.4 Å². The summed E-state index contributed by atoms with van der Waals surface area (Å²) in [4.78, 5) is 19.0. The van der Waals surface area contributed by atoms with E-state index in [-0.39, 0.29) is 5.82 Å². The Bertz CT molecular complexity index is 650. The molecule has 0 amide bonds. The predicted octanol–water partition coefficient (Wildman–Crippen LogP) is 1.76. The van der Waals surface area contributed by atoms with Gasteiger partial charge in [0.15, 0.2) is 5.82 Å². The van der Waals surface area contributed by atoms with Crippen LogP contribution in [0.2, 0.25) is 0 Å². The lowest BCUT2D eigenvalue weighted by Gasteiger charge is -2.16. The lowest BCUT2D eigenvalue weighted by atomic mass is 9.96. The first-order valence-corrected chi connectivity index (χ1v) is 6.22. The van der Waals surface area contributed by atoms with Gasteiger partial charge in [0.2, 0.25) is 0 Å². The topological polar surface area (TPSA) is 86.7 Å². The summed E-state index contributed by atoms with van der Waals surface area (Å²) >= 11 is 0. The third-order valence-electron chi connectivity index (χ3n) is 3.25. The van der Waals surface area contributed by atoms with Crippen LogP contribution >= 0.6 is 0 Å². The van der Waals surface area contributed by atoms with Gasteiger partial charge < -0.3 is 10.1 Å². The Balaban J connectivity index is 2.12. The molecule has 0 saturated heterocycles. The average Bonchev–Trinajstić information content (AvgIpc) is 2.87. The first kappa shape index (κ1) is 11.8. The lowest BCUT2D eigenvalue weighted by Crippen LogP contribution is -2.14. The number of hydrogen-bond donors (Lipinski definition) is 0.